The predicted molar refractivity (Wildman–Crippen MR) is 80.3 cm³/mol. The van der Waals surface area contributed by atoms with E-state index in [4.69, 9.17) is 21.1 Å². The topological polar surface area (TPSA) is 30.5 Å². The summed E-state index contributed by atoms with van der Waals surface area (Å²) in [6.07, 6.45) is 2.34. The number of ether oxygens (including phenoxy) is 2. The molecule has 0 aliphatic heterocycles. The van der Waals surface area contributed by atoms with Crippen LogP contribution in [-0.4, -0.2) is 20.8 Å². The molecule has 0 bridgehead atoms. The van der Waals surface area contributed by atoms with Crippen molar-refractivity contribution in [2.45, 2.75) is 33.2 Å². The van der Waals surface area contributed by atoms with Crippen molar-refractivity contribution in [1.82, 2.24) is 5.32 Å². The molecule has 0 aromatic heterocycles. The third-order valence-corrected chi connectivity index (χ3v) is 3.20. The summed E-state index contributed by atoms with van der Waals surface area (Å²) in [4.78, 5) is 0. The van der Waals surface area contributed by atoms with Crippen molar-refractivity contribution >= 4 is 11.6 Å². The van der Waals surface area contributed by atoms with Crippen molar-refractivity contribution in [1.29, 1.82) is 0 Å². The van der Waals surface area contributed by atoms with Gasteiger partial charge in [0.1, 0.15) is 0 Å². The van der Waals surface area contributed by atoms with Gasteiger partial charge in [0.05, 0.1) is 13.7 Å². The normalized spacial score (nSPS) is 12.3. The molecule has 0 saturated heterocycles. The molecule has 0 aliphatic rings. The Labute approximate surface area is 121 Å². The first-order chi connectivity index (χ1) is 9.12. The van der Waals surface area contributed by atoms with Gasteiger partial charge in [0.2, 0.25) is 0 Å². The van der Waals surface area contributed by atoms with Gasteiger partial charge in [-0.1, -0.05) is 31.9 Å². The first-order valence-electron chi connectivity index (χ1n) is 6.76. The smallest absolute Gasteiger partial charge is 0.165 e. The van der Waals surface area contributed by atoms with E-state index >= 15 is 0 Å². The Bertz CT molecular complexity index is 396. The maximum Gasteiger partial charge on any atom is 0.165 e. The van der Waals surface area contributed by atoms with Crippen molar-refractivity contribution in [3.05, 3.63) is 22.7 Å². The van der Waals surface area contributed by atoms with Gasteiger partial charge < -0.3 is 14.8 Å². The zero-order chi connectivity index (χ0) is 14.3. The van der Waals surface area contributed by atoms with Gasteiger partial charge in [0.15, 0.2) is 11.5 Å². The second kappa shape index (κ2) is 8.28. The van der Waals surface area contributed by atoms with Crippen LogP contribution in [0.3, 0.4) is 0 Å². The fraction of sp³-hybridized carbons (Fsp3) is 0.600. The summed E-state index contributed by atoms with van der Waals surface area (Å²) in [7, 11) is 3.54. The molecular formula is C15H24ClNO2. The van der Waals surface area contributed by atoms with Gasteiger partial charge >= 0.3 is 0 Å². The number of rotatable bonds is 8. The Morgan fingerprint density at radius 3 is 2.68 bits per heavy atom. The van der Waals surface area contributed by atoms with Gasteiger partial charge in [-0.25, -0.2) is 0 Å². The van der Waals surface area contributed by atoms with Crippen LogP contribution in [0, 0.1) is 5.92 Å². The van der Waals surface area contributed by atoms with Crippen molar-refractivity contribution in [2.75, 3.05) is 20.8 Å². The molecule has 1 N–H and O–H groups in total. The Morgan fingerprint density at radius 2 is 2.11 bits per heavy atom. The number of hydrogen-bond acceptors (Lipinski definition) is 3. The molecule has 1 atom stereocenters. The third kappa shape index (κ3) is 4.92. The fourth-order valence-electron chi connectivity index (χ4n) is 2.06. The number of hydrogen-bond donors (Lipinski definition) is 1. The first-order valence-corrected chi connectivity index (χ1v) is 7.13. The van der Waals surface area contributed by atoms with Gasteiger partial charge in [-0.15, -0.1) is 0 Å². The second-order valence-corrected chi connectivity index (χ2v) is 5.27. The van der Waals surface area contributed by atoms with E-state index in [9.17, 15) is 0 Å². The van der Waals surface area contributed by atoms with Gasteiger partial charge in [0.25, 0.3) is 0 Å². The van der Waals surface area contributed by atoms with Gasteiger partial charge in [-0.2, -0.15) is 0 Å². The minimum Gasteiger partial charge on any atom is -0.493 e. The van der Waals surface area contributed by atoms with E-state index in [2.05, 4.69) is 19.2 Å². The monoisotopic (exact) mass is 285 g/mol. The summed E-state index contributed by atoms with van der Waals surface area (Å²) in [6, 6.07) is 3.71. The van der Waals surface area contributed by atoms with Crippen molar-refractivity contribution in [3.8, 4) is 11.5 Å². The lowest BCUT2D eigenvalue weighted by Gasteiger charge is -2.18. The molecule has 0 saturated carbocycles. The molecule has 0 amide bonds. The minimum atomic E-state index is 0.535. The van der Waals surface area contributed by atoms with Gasteiger partial charge in [-0.05, 0) is 25.5 Å². The molecule has 0 fully saturated rings. The number of nitrogens with one attached hydrogen (secondary N) is 1. The maximum atomic E-state index is 6.09. The highest BCUT2D eigenvalue weighted by atomic mass is 35.5. The van der Waals surface area contributed by atoms with Crippen molar-refractivity contribution in [3.63, 3.8) is 0 Å². The number of benzene rings is 1. The van der Waals surface area contributed by atoms with Crippen molar-refractivity contribution in [2.24, 2.45) is 5.92 Å². The van der Waals surface area contributed by atoms with E-state index in [0.29, 0.717) is 29.8 Å². The van der Waals surface area contributed by atoms with Crippen LogP contribution in [0.4, 0.5) is 0 Å². The van der Waals surface area contributed by atoms with E-state index in [1.165, 1.54) is 6.42 Å². The summed E-state index contributed by atoms with van der Waals surface area (Å²) in [5.74, 6) is 2.03. The number of methoxy groups -OCH3 is 1. The molecule has 108 valence electrons. The highest BCUT2D eigenvalue weighted by Gasteiger charge is 2.13. The van der Waals surface area contributed by atoms with Crippen LogP contribution in [0.5, 0.6) is 11.5 Å². The molecule has 0 aliphatic carbocycles. The van der Waals surface area contributed by atoms with Crippen LogP contribution in [0.15, 0.2) is 12.1 Å². The minimum absolute atomic E-state index is 0.535. The first kappa shape index (κ1) is 16.1. The summed E-state index contributed by atoms with van der Waals surface area (Å²) < 4.78 is 11.3. The summed E-state index contributed by atoms with van der Waals surface area (Å²) in [6.45, 7) is 5.78. The lowest BCUT2D eigenvalue weighted by atomic mass is 10.1. The fourth-order valence-corrected chi connectivity index (χ4v) is 2.29. The van der Waals surface area contributed by atoms with Crippen molar-refractivity contribution < 1.29 is 9.47 Å². The standard InChI is InChI=1S/C15H24ClNO2/c1-5-6-11(2)10-19-15-12(9-17-3)7-13(16)8-14(15)18-4/h7-8,11,17H,5-6,9-10H2,1-4H3. The Balaban J connectivity index is 2.89. The predicted octanol–water partition coefficient (Wildman–Crippen LogP) is 3.88. The average molecular weight is 286 g/mol. The van der Waals surface area contributed by atoms with Crippen LogP contribution >= 0.6 is 11.6 Å². The molecule has 1 rings (SSSR count). The zero-order valence-electron chi connectivity index (χ0n) is 12.3. The summed E-state index contributed by atoms with van der Waals surface area (Å²) in [5.41, 5.74) is 1.02. The molecule has 19 heavy (non-hydrogen) atoms. The largest absolute Gasteiger partial charge is 0.493 e. The van der Waals surface area contributed by atoms with Gasteiger partial charge in [0, 0.05) is 23.2 Å². The van der Waals surface area contributed by atoms with E-state index < -0.39 is 0 Å². The molecule has 0 heterocycles. The Morgan fingerprint density at radius 1 is 1.37 bits per heavy atom. The van der Waals surface area contributed by atoms with E-state index in [1.54, 1.807) is 13.2 Å². The third-order valence-electron chi connectivity index (χ3n) is 2.98. The Hall–Kier alpha value is -0.930. The van der Waals surface area contributed by atoms with Crippen LogP contribution in [0.2, 0.25) is 5.02 Å². The average Bonchev–Trinajstić information content (AvgIpc) is 2.37. The molecule has 4 heteroatoms. The molecule has 1 unspecified atom stereocenters. The highest BCUT2D eigenvalue weighted by molar-refractivity contribution is 6.30. The molecule has 0 spiro atoms. The lowest BCUT2D eigenvalue weighted by molar-refractivity contribution is 0.238. The summed E-state index contributed by atoms with van der Waals surface area (Å²) >= 11 is 6.09. The molecule has 1 aromatic carbocycles. The highest BCUT2D eigenvalue weighted by Crippen LogP contribution is 2.35. The zero-order valence-corrected chi connectivity index (χ0v) is 13.0. The van der Waals surface area contributed by atoms with Crippen LogP contribution in [-0.2, 0) is 6.54 Å². The van der Waals surface area contributed by atoms with Crippen LogP contribution < -0.4 is 14.8 Å². The molecule has 0 radical (unpaired) electrons. The molecular weight excluding hydrogens is 262 g/mol. The maximum absolute atomic E-state index is 6.09. The second-order valence-electron chi connectivity index (χ2n) is 4.83. The van der Waals surface area contributed by atoms with Gasteiger partial charge in [-0.3, -0.25) is 0 Å². The summed E-state index contributed by atoms with van der Waals surface area (Å²) in [5, 5.41) is 3.78. The molecule has 1 aromatic rings. The lowest BCUT2D eigenvalue weighted by Crippen LogP contribution is -2.12. The van der Waals surface area contributed by atoms with Crippen LogP contribution in [0.25, 0.3) is 0 Å². The van der Waals surface area contributed by atoms with E-state index in [-0.39, 0.29) is 0 Å². The van der Waals surface area contributed by atoms with E-state index in [1.807, 2.05) is 13.1 Å². The quantitative estimate of drug-likeness (QED) is 0.786. The molecule has 3 nitrogen and oxygen atoms in total. The van der Waals surface area contributed by atoms with Crippen LogP contribution in [0.1, 0.15) is 32.3 Å². The number of halogens is 1. The Kier molecular flexibility index (Phi) is 7.03. The SMILES string of the molecule is CCCC(C)COc1c(CNC)cc(Cl)cc1OC. The van der Waals surface area contributed by atoms with E-state index in [0.717, 1.165) is 17.7 Å².